The maximum absolute atomic E-state index is 5.28. The van der Waals surface area contributed by atoms with Crippen molar-refractivity contribution in [3.63, 3.8) is 0 Å². The van der Waals surface area contributed by atoms with Crippen molar-refractivity contribution in [3.05, 3.63) is 53.3 Å². The molecule has 0 fully saturated rings. The highest BCUT2D eigenvalue weighted by Crippen LogP contribution is 2.22. The van der Waals surface area contributed by atoms with Gasteiger partial charge in [0.15, 0.2) is 5.13 Å². The number of hydrogen-bond donors (Lipinski definition) is 0. The molecule has 0 spiro atoms. The highest BCUT2D eigenvalue weighted by molar-refractivity contribution is 7.15. The van der Waals surface area contributed by atoms with E-state index in [0.29, 0.717) is 0 Å². The second-order valence-electron chi connectivity index (χ2n) is 6.17. The standard InChI is InChI=1S/C18H23N5OS/c1-21(2)18-19-10-17(25-18)13-22(3)11-14-9-20-23(12-14)15-6-5-7-16(8-15)24-4/h5-10,12H,11,13H2,1-4H3. The molecule has 0 unspecified atom stereocenters. The molecule has 3 aromatic rings. The normalized spacial score (nSPS) is 11.1. The van der Waals surface area contributed by atoms with E-state index in [-0.39, 0.29) is 0 Å². The van der Waals surface area contributed by atoms with Gasteiger partial charge in [-0.2, -0.15) is 5.10 Å². The summed E-state index contributed by atoms with van der Waals surface area (Å²) >= 11 is 1.72. The molecule has 0 saturated carbocycles. The van der Waals surface area contributed by atoms with Gasteiger partial charge >= 0.3 is 0 Å². The van der Waals surface area contributed by atoms with Crippen LogP contribution in [0.4, 0.5) is 5.13 Å². The minimum atomic E-state index is 0.827. The fourth-order valence-electron chi connectivity index (χ4n) is 2.55. The van der Waals surface area contributed by atoms with E-state index in [2.05, 4.69) is 28.2 Å². The molecular weight excluding hydrogens is 334 g/mol. The molecule has 132 valence electrons. The van der Waals surface area contributed by atoms with E-state index in [0.717, 1.165) is 29.7 Å². The zero-order valence-corrected chi connectivity index (χ0v) is 15.8. The first kappa shape index (κ1) is 17.4. The van der Waals surface area contributed by atoms with Crippen molar-refractivity contribution < 1.29 is 4.74 Å². The number of anilines is 1. The average molecular weight is 357 g/mol. The predicted octanol–water partition coefficient (Wildman–Crippen LogP) is 3.04. The molecule has 3 rings (SSSR count). The van der Waals surface area contributed by atoms with Gasteiger partial charge in [-0.1, -0.05) is 6.07 Å². The Labute approximate surface area is 152 Å². The molecule has 0 N–H and O–H groups in total. The van der Waals surface area contributed by atoms with E-state index in [9.17, 15) is 0 Å². The van der Waals surface area contributed by atoms with Crippen molar-refractivity contribution in [2.75, 3.05) is 33.2 Å². The van der Waals surface area contributed by atoms with Crippen molar-refractivity contribution in [1.82, 2.24) is 19.7 Å². The fraction of sp³-hybridized carbons (Fsp3) is 0.333. The van der Waals surface area contributed by atoms with Gasteiger partial charge in [-0.15, -0.1) is 11.3 Å². The molecule has 1 aromatic carbocycles. The summed E-state index contributed by atoms with van der Waals surface area (Å²) in [5.41, 5.74) is 2.16. The van der Waals surface area contributed by atoms with Gasteiger partial charge in [-0.05, 0) is 19.2 Å². The van der Waals surface area contributed by atoms with Gasteiger partial charge in [-0.25, -0.2) is 9.67 Å². The lowest BCUT2D eigenvalue weighted by Gasteiger charge is -2.14. The predicted molar refractivity (Wildman–Crippen MR) is 102 cm³/mol. The van der Waals surface area contributed by atoms with Crippen LogP contribution in [0.15, 0.2) is 42.9 Å². The monoisotopic (exact) mass is 357 g/mol. The summed E-state index contributed by atoms with van der Waals surface area (Å²) in [7, 11) is 7.81. The third kappa shape index (κ3) is 4.37. The van der Waals surface area contributed by atoms with Crippen LogP contribution in [0.25, 0.3) is 5.69 Å². The second kappa shape index (κ2) is 7.67. The minimum absolute atomic E-state index is 0.827. The van der Waals surface area contributed by atoms with Gasteiger partial charge in [0.2, 0.25) is 0 Å². The number of benzene rings is 1. The summed E-state index contributed by atoms with van der Waals surface area (Å²) in [4.78, 5) is 9.98. The van der Waals surface area contributed by atoms with E-state index < -0.39 is 0 Å². The lowest BCUT2D eigenvalue weighted by atomic mass is 10.3. The molecule has 0 bridgehead atoms. The lowest BCUT2D eigenvalue weighted by molar-refractivity contribution is 0.322. The van der Waals surface area contributed by atoms with Crippen molar-refractivity contribution in [2.24, 2.45) is 0 Å². The van der Waals surface area contributed by atoms with E-state index in [1.807, 2.05) is 60.3 Å². The number of rotatable bonds is 7. The lowest BCUT2D eigenvalue weighted by Crippen LogP contribution is -2.16. The van der Waals surface area contributed by atoms with Crippen LogP contribution in [-0.4, -0.2) is 47.9 Å². The summed E-state index contributed by atoms with van der Waals surface area (Å²) in [6, 6.07) is 7.89. The van der Waals surface area contributed by atoms with Crippen molar-refractivity contribution in [2.45, 2.75) is 13.1 Å². The number of nitrogens with zero attached hydrogens (tertiary/aromatic N) is 5. The molecule has 2 aromatic heterocycles. The Morgan fingerprint density at radius 1 is 1.16 bits per heavy atom. The first-order valence-corrected chi connectivity index (χ1v) is 8.85. The zero-order valence-electron chi connectivity index (χ0n) is 15.0. The number of methoxy groups -OCH3 is 1. The number of aromatic nitrogens is 3. The summed E-state index contributed by atoms with van der Waals surface area (Å²) in [6.07, 6.45) is 5.92. The quantitative estimate of drug-likeness (QED) is 0.650. The molecule has 0 amide bonds. The maximum atomic E-state index is 5.28. The molecule has 0 radical (unpaired) electrons. The molecule has 7 heteroatoms. The highest BCUT2D eigenvalue weighted by atomic mass is 32.1. The van der Waals surface area contributed by atoms with E-state index in [1.54, 1.807) is 18.4 Å². The van der Waals surface area contributed by atoms with Crippen LogP contribution in [0.3, 0.4) is 0 Å². The van der Waals surface area contributed by atoms with Crippen LogP contribution < -0.4 is 9.64 Å². The Balaban J connectivity index is 1.63. The van der Waals surface area contributed by atoms with Crippen molar-refractivity contribution >= 4 is 16.5 Å². The Morgan fingerprint density at radius 2 is 2.00 bits per heavy atom. The number of ether oxygens (including phenoxy) is 1. The minimum Gasteiger partial charge on any atom is -0.497 e. The number of thiazole rings is 1. The molecule has 2 heterocycles. The van der Waals surface area contributed by atoms with Gasteiger partial charge in [0.25, 0.3) is 0 Å². The highest BCUT2D eigenvalue weighted by Gasteiger charge is 2.09. The van der Waals surface area contributed by atoms with Gasteiger partial charge in [0.05, 0.1) is 19.0 Å². The molecule has 25 heavy (non-hydrogen) atoms. The van der Waals surface area contributed by atoms with Crippen LogP contribution in [0.5, 0.6) is 5.75 Å². The summed E-state index contributed by atoms with van der Waals surface area (Å²) in [5.74, 6) is 0.827. The Hall–Kier alpha value is -2.38. The average Bonchev–Trinajstić information content (AvgIpc) is 3.24. The van der Waals surface area contributed by atoms with Crippen LogP contribution >= 0.6 is 11.3 Å². The van der Waals surface area contributed by atoms with Gasteiger partial charge in [0.1, 0.15) is 5.75 Å². The second-order valence-corrected chi connectivity index (χ2v) is 7.26. The maximum Gasteiger partial charge on any atom is 0.185 e. The van der Waals surface area contributed by atoms with E-state index >= 15 is 0 Å². The molecular formula is C18H23N5OS. The smallest absolute Gasteiger partial charge is 0.185 e. The molecule has 0 aliphatic heterocycles. The van der Waals surface area contributed by atoms with Gasteiger partial charge in [0, 0.05) is 56.1 Å². The van der Waals surface area contributed by atoms with Gasteiger partial charge < -0.3 is 9.64 Å². The van der Waals surface area contributed by atoms with Crippen LogP contribution in [0.1, 0.15) is 10.4 Å². The molecule has 0 saturated heterocycles. The number of hydrogen-bond acceptors (Lipinski definition) is 6. The van der Waals surface area contributed by atoms with Crippen molar-refractivity contribution in [1.29, 1.82) is 0 Å². The molecule has 0 aliphatic carbocycles. The Bertz CT molecular complexity index is 826. The SMILES string of the molecule is COc1cccc(-n2cc(CN(C)Cc3cnc(N(C)C)s3)cn2)c1. The molecule has 0 aliphatic rings. The van der Waals surface area contributed by atoms with E-state index in [4.69, 9.17) is 4.74 Å². The first-order valence-electron chi connectivity index (χ1n) is 8.03. The Morgan fingerprint density at radius 3 is 2.72 bits per heavy atom. The fourth-order valence-corrected chi connectivity index (χ4v) is 3.46. The largest absolute Gasteiger partial charge is 0.497 e. The van der Waals surface area contributed by atoms with Crippen LogP contribution in [-0.2, 0) is 13.1 Å². The third-order valence-corrected chi connectivity index (χ3v) is 4.91. The topological polar surface area (TPSA) is 46.4 Å². The van der Waals surface area contributed by atoms with Gasteiger partial charge in [-0.3, -0.25) is 4.90 Å². The third-order valence-electron chi connectivity index (χ3n) is 3.76. The Kier molecular flexibility index (Phi) is 5.35. The molecule has 0 atom stereocenters. The zero-order chi connectivity index (χ0) is 17.8. The molecule has 6 nitrogen and oxygen atoms in total. The van der Waals surface area contributed by atoms with Crippen LogP contribution in [0.2, 0.25) is 0 Å². The first-order chi connectivity index (χ1) is 12.0. The van der Waals surface area contributed by atoms with Crippen LogP contribution in [0, 0.1) is 0 Å². The van der Waals surface area contributed by atoms with E-state index in [1.165, 1.54) is 10.4 Å². The van der Waals surface area contributed by atoms with Crippen molar-refractivity contribution in [3.8, 4) is 11.4 Å². The summed E-state index contributed by atoms with van der Waals surface area (Å²) in [6.45, 7) is 1.70. The summed E-state index contributed by atoms with van der Waals surface area (Å²) < 4.78 is 7.15. The summed E-state index contributed by atoms with van der Waals surface area (Å²) in [5, 5.41) is 5.50.